The molecule has 3 nitrogen and oxygen atoms in total. The van der Waals surface area contributed by atoms with Gasteiger partial charge in [-0.25, -0.2) is 4.79 Å². The van der Waals surface area contributed by atoms with Crippen molar-refractivity contribution in [3.05, 3.63) is 70.7 Å². The zero-order chi connectivity index (χ0) is 15.6. The minimum Gasteiger partial charge on any atom is -0.328 e. The molecule has 1 fully saturated rings. The predicted molar refractivity (Wildman–Crippen MR) is 88.8 cm³/mol. The van der Waals surface area contributed by atoms with Gasteiger partial charge in [0.15, 0.2) is 0 Å². The van der Waals surface area contributed by atoms with Gasteiger partial charge in [-0.05, 0) is 36.1 Å². The van der Waals surface area contributed by atoms with E-state index >= 15 is 0 Å². The average Bonchev–Trinajstić information content (AvgIpc) is 3.29. The Balaban J connectivity index is 1.65. The monoisotopic (exact) mass is 314 g/mol. The minimum atomic E-state index is -0.216. The number of hydrogen-bond donors (Lipinski definition) is 1. The van der Waals surface area contributed by atoms with E-state index in [9.17, 15) is 4.79 Å². The summed E-state index contributed by atoms with van der Waals surface area (Å²) in [5.74, 6) is 0. The van der Waals surface area contributed by atoms with Gasteiger partial charge in [-0.15, -0.1) is 0 Å². The van der Waals surface area contributed by atoms with Crippen molar-refractivity contribution in [2.75, 3.05) is 7.05 Å². The van der Waals surface area contributed by atoms with Gasteiger partial charge in [-0.2, -0.15) is 0 Å². The molecule has 1 aliphatic rings. The fourth-order valence-corrected chi connectivity index (χ4v) is 2.73. The summed E-state index contributed by atoms with van der Waals surface area (Å²) in [5, 5.41) is 3.88. The average molecular weight is 315 g/mol. The van der Waals surface area contributed by atoms with Gasteiger partial charge >= 0.3 is 6.03 Å². The van der Waals surface area contributed by atoms with E-state index < -0.39 is 0 Å². The third-order valence-electron chi connectivity index (χ3n) is 4.10. The van der Waals surface area contributed by atoms with Crippen molar-refractivity contribution in [1.82, 2.24) is 10.2 Å². The Bertz CT molecular complexity index is 651. The molecule has 0 atom stereocenters. The zero-order valence-corrected chi connectivity index (χ0v) is 13.3. The van der Waals surface area contributed by atoms with Crippen LogP contribution in [0.1, 0.15) is 24.0 Å². The topological polar surface area (TPSA) is 32.3 Å². The van der Waals surface area contributed by atoms with Crippen molar-refractivity contribution >= 4 is 17.6 Å². The Hall–Kier alpha value is -2.00. The fraction of sp³-hybridized carbons (Fsp3) is 0.278. The number of urea groups is 1. The van der Waals surface area contributed by atoms with Crippen LogP contribution in [0.5, 0.6) is 0 Å². The molecule has 3 rings (SSSR count). The molecule has 1 aliphatic carbocycles. The third kappa shape index (κ3) is 3.25. The van der Waals surface area contributed by atoms with Gasteiger partial charge in [0, 0.05) is 18.6 Å². The Kier molecular flexibility index (Phi) is 4.08. The first-order valence-electron chi connectivity index (χ1n) is 7.42. The molecule has 0 heterocycles. The SMILES string of the molecule is CN(Cc1ccccc1)C(=O)NC1(c2ccc(Cl)cc2)CC1. The second-order valence-corrected chi connectivity index (χ2v) is 6.30. The number of carbonyl (C=O) groups excluding carboxylic acids is 1. The Morgan fingerprint density at radius 3 is 2.36 bits per heavy atom. The van der Waals surface area contributed by atoms with Crippen LogP contribution in [0.4, 0.5) is 4.79 Å². The number of benzene rings is 2. The van der Waals surface area contributed by atoms with Crippen LogP contribution in [-0.2, 0) is 12.1 Å². The highest BCUT2D eigenvalue weighted by atomic mass is 35.5. The summed E-state index contributed by atoms with van der Waals surface area (Å²) in [7, 11) is 1.82. The quantitative estimate of drug-likeness (QED) is 0.902. The molecule has 0 unspecified atom stereocenters. The highest BCUT2D eigenvalue weighted by molar-refractivity contribution is 6.30. The molecule has 2 aromatic rings. The van der Waals surface area contributed by atoms with E-state index in [1.807, 2.05) is 61.6 Å². The summed E-state index contributed by atoms with van der Waals surface area (Å²) in [6.07, 6.45) is 1.94. The number of nitrogens with zero attached hydrogens (tertiary/aromatic N) is 1. The van der Waals surface area contributed by atoms with Crippen LogP contribution in [0, 0.1) is 0 Å². The first-order valence-corrected chi connectivity index (χ1v) is 7.80. The summed E-state index contributed by atoms with van der Waals surface area (Å²) >= 11 is 5.93. The molecular formula is C18H19ClN2O. The Labute approximate surface area is 135 Å². The smallest absolute Gasteiger partial charge is 0.318 e. The second-order valence-electron chi connectivity index (χ2n) is 5.86. The van der Waals surface area contributed by atoms with E-state index in [2.05, 4.69) is 5.32 Å². The Morgan fingerprint density at radius 1 is 1.14 bits per heavy atom. The molecule has 0 spiro atoms. The van der Waals surface area contributed by atoms with Gasteiger partial charge in [0.1, 0.15) is 0 Å². The number of halogens is 1. The molecule has 0 aromatic heterocycles. The maximum atomic E-state index is 12.4. The summed E-state index contributed by atoms with van der Waals surface area (Å²) < 4.78 is 0. The lowest BCUT2D eigenvalue weighted by Gasteiger charge is -2.24. The van der Waals surface area contributed by atoms with Crippen LogP contribution in [0.15, 0.2) is 54.6 Å². The minimum absolute atomic E-state index is 0.0451. The highest BCUT2D eigenvalue weighted by Gasteiger charge is 2.46. The summed E-state index contributed by atoms with van der Waals surface area (Å²) in [5.41, 5.74) is 2.03. The molecule has 0 saturated heterocycles. The van der Waals surface area contributed by atoms with Crippen LogP contribution < -0.4 is 5.32 Å². The fourth-order valence-electron chi connectivity index (χ4n) is 2.61. The molecule has 2 amide bonds. The molecule has 0 bridgehead atoms. The van der Waals surface area contributed by atoms with Crippen molar-refractivity contribution in [2.24, 2.45) is 0 Å². The van der Waals surface area contributed by atoms with E-state index in [0.717, 1.165) is 24.0 Å². The molecule has 2 aromatic carbocycles. The van der Waals surface area contributed by atoms with E-state index in [0.29, 0.717) is 11.6 Å². The van der Waals surface area contributed by atoms with E-state index in [1.54, 1.807) is 4.90 Å². The van der Waals surface area contributed by atoms with Crippen molar-refractivity contribution in [1.29, 1.82) is 0 Å². The van der Waals surface area contributed by atoms with Crippen molar-refractivity contribution in [3.63, 3.8) is 0 Å². The van der Waals surface area contributed by atoms with Crippen molar-refractivity contribution in [2.45, 2.75) is 24.9 Å². The maximum Gasteiger partial charge on any atom is 0.318 e. The van der Waals surface area contributed by atoms with E-state index in [1.165, 1.54) is 0 Å². The van der Waals surface area contributed by atoms with Gasteiger partial charge < -0.3 is 10.2 Å². The van der Waals surface area contributed by atoms with Crippen molar-refractivity contribution in [3.8, 4) is 0 Å². The summed E-state index contributed by atoms with van der Waals surface area (Å²) in [6, 6.07) is 17.7. The maximum absolute atomic E-state index is 12.4. The molecule has 1 saturated carbocycles. The number of amides is 2. The van der Waals surface area contributed by atoms with Crippen LogP contribution in [0.25, 0.3) is 0 Å². The van der Waals surface area contributed by atoms with E-state index in [4.69, 9.17) is 11.6 Å². The van der Waals surface area contributed by atoms with Crippen LogP contribution in [0.3, 0.4) is 0 Å². The number of hydrogen-bond acceptors (Lipinski definition) is 1. The van der Waals surface area contributed by atoms with Gasteiger partial charge in [0.25, 0.3) is 0 Å². The molecule has 114 valence electrons. The Morgan fingerprint density at radius 2 is 1.77 bits per heavy atom. The molecule has 22 heavy (non-hydrogen) atoms. The predicted octanol–water partition coefficient (Wildman–Crippen LogP) is 4.17. The largest absolute Gasteiger partial charge is 0.328 e. The van der Waals surface area contributed by atoms with Gasteiger partial charge in [-0.1, -0.05) is 54.1 Å². The van der Waals surface area contributed by atoms with Crippen LogP contribution in [-0.4, -0.2) is 18.0 Å². The standard InChI is InChI=1S/C18H19ClN2O/c1-21(13-14-5-3-2-4-6-14)17(22)20-18(11-12-18)15-7-9-16(19)10-8-15/h2-10H,11-13H2,1H3,(H,20,22). The summed E-state index contributed by atoms with van der Waals surface area (Å²) in [6.45, 7) is 0.601. The highest BCUT2D eigenvalue weighted by Crippen LogP contribution is 2.45. The number of nitrogens with one attached hydrogen (secondary N) is 1. The third-order valence-corrected chi connectivity index (χ3v) is 4.35. The van der Waals surface area contributed by atoms with Crippen molar-refractivity contribution < 1.29 is 4.79 Å². The van der Waals surface area contributed by atoms with Gasteiger partial charge in [0.2, 0.25) is 0 Å². The van der Waals surface area contributed by atoms with Crippen LogP contribution in [0.2, 0.25) is 5.02 Å². The lowest BCUT2D eigenvalue weighted by Crippen LogP contribution is -2.42. The zero-order valence-electron chi connectivity index (χ0n) is 12.6. The molecule has 1 N–H and O–H groups in total. The second kappa shape index (κ2) is 6.01. The first-order chi connectivity index (χ1) is 10.6. The molecule has 4 heteroatoms. The first kappa shape index (κ1) is 14.9. The van der Waals surface area contributed by atoms with E-state index in [-0.39, 0.29) is 11.6 Å². The molecule has 0 radical (unpaired) electrons. The molecular weight excluding hydrogens is 296 g/mol. The van der Waals surface area contributed by atoms with Gasteiger partial charge in [0.05, 0.1) is 5.54 Å². The van der Waals surface area contributed by atoms with Gasteiger partial charge in [-0.3, -0.25) is 0 Å². The normalized spacial score (nSPS) is 15.2. The van der Waals surface area contributed by atoms with Crippen LogP contribution >= 0.6 is 11.6 Å². The summed E-state index contributed by atoms with van der Waals surface area (Å²) in [4.78, 5) is 14.1. The lowest BCUT2D eigenvalue weighted by molar-refractivity contribution is 0.201. The number of carbonyl (C=O) groups is 1. The number of rotatable bonds is 4. The lowest BCUT2D eigenvalue weighted by atomic mass is 10.1. The molecule has 0 aliphatic heterocycles.